The Kier molecular flexibility index (Phi) is 23.8. The zero-order valence-corrected chi connectivity index (χ0v) is 35.7. The second kappa shape index (κ2) is 27.6. The van der Waals surface area contributed by atoms with Crippen molar-refractivity contribution < 1.29 is 66.4 Å². The summed E-state index contributed by atoms with van der Waals surface area (Å²) in [6.45, 7) is 0.658. The Morgan fingerprint density at radius 2 is 1.45 bits per heavy atom. The molecule has 58 heavy (non-hydrogen) atoms. The molecule has 0 aliphatic carbocycles. The SMILES string of the molecule is CCCCCCCCCCCCCCCCCC(=O)OCC(O)CO[C@H]1O[C@H](CS(=O)(=O)O)[C@@H](OC(=O)CNC(=O)CCCC[C@@H]2SC[C@@H]3NC(=O)N[C@@H]32)[C@H](O)[C@H]1O. The summed E-state index contributed by atoms with van der Waals surface area (Å²) in [5.41, 5.74) is 0. The lowest BCUT2D eigenvalue weighted by atomic mass is 9.99. The van der Waals surface area contributed by atoms with Crippen LogP contribution in [0.2, 0.25) is 0 Å². The second-order valence-corrected chi connectivity index (χ2v) is 18.5. The first-order chi connectivity index (χ1) is 27.8. The first-order valence-electron chi connectivity index (χ1n) is 21.3. The zero-order valence-electron chi connectivity index (χ0n) is 34.1. The van der Waals surface area contributed by atoms with Crippen molar-refractivity contribution in [2.75, 3.05) is 31.3 Å². The van der Waals surface area contributed by atoms with Crippen molar-refractivity contribution in [1.82, 2.24) is 16.0 Å². The van der Waals surface area contributed by atoms with Gasteiger partial charge < -0.3 is 50.2 Å². The van der Waals surface area contributed by atoms with Crippen molar-refractivity contribution in [1.29, 1.82) is 0 Å². The molecule has 9 atom stereocenters. The fourth-order valence-corrected chi connectivity index (χ4v) is 9.64. The second-order valence-electron chi connectivity index (χ2n) is 15.7. The predicted octanol–water partition coefficient (Wildman–Crippen LogP) is 3.26. The maximum Gasteiger partial charge on any atom is 0.325 e. The van der Waals surface area contributed by atoms with Crippen molar-refractivity contribution in [3.8, 4) is 0 Å². The molecule has 0 bridgehead atoms. The number of urea groups is 1. The molecular weight excluding hydrogens is 799 g/mol. The third kappa shape index (κ3) is 19.9. The van der Waals surface area contributed by atoms with Gasteiger partial charge >= 0.3 is 18.0 Å². The maximum absolute atomic E-state index is 12.6. The van der Waals surface area contributed by atoms with E-state index in [-0.39, 0.29) is 36.2 Å². The molecule has 0 saturated carbocycles. The normalized spacial score (nSPS) is 26.1. The van der Waals surface area contributed by atoms with Gasteiger partial charge in [0.05, 0.1) is 18.7 Å². The molecule has 19 heteroatoms. The first-order valence-corrected chi connectivity index (χ1v) is 24.0. The van der Waals surface area contributed by atoms with Gasteiger partial charge in [-0.05, 0) is 19.3 Å². The fraction of sp³-hybridized carbons (Fsp3) is 0.897. The molecule has 0 aromatic carbocycles. The Labute approximate surface area is 347 Å². The minimum atomic E-state index is -4.75. The topological polar surface area (TPSA) is 256 Å². The molecule has 7 N–H and O–H groups in total. The van der Waals surface area contributed by atoms with E-state index in [4.69, 9.17) is 18.9 Å². The number of rotatable bonds is 31. The van der Waals surface area contributed by atoms with Crippen molar-refractivity contribution in [2.45, 2.75) is 189 Å². The van der Waals surface area contributed by atoms with Crippen LogP contribution in [0.15, 0.2) is 0 Å². The van der Waals surface area contributed by atoms with Crippen LogP contribution in [0.1, 0.15) is 135 Å². The molecule has 3 aliphatic heterocycles. The van der Waals surface area contributed by atoms with Gasteiger partial charge in [-0.2, -0.15) is 20.2 Å². The van der Waals surface area contributed by atoms with Crippen LogP contribution in [0, 0.1) is 0 Å². The van der Waals surface area contributed by atoms with E-state index >= 15 is 0 Å². The van der Waals surface area contributed by atoms with Gasteiger partial charge in [0.25, 0.3) is 10.1 Å². The molecule has 3 amide bonds. The molecule has 0 radical (unpaired) electrons. The van der Waals surface area contributed by atoms with E-state index < -0.39 is 90.3 Å². The molecule has 1 unspecified atom stereocenters. The van der Waals surface area contributed by atoms with Crippen molar-refractivity contribution in [3.05, 3.63) is 0 Å². The number of amides is 3. The fourth-order valence-electron chi connectivity index (χ4n) is 7.41. The van der Waals surface area contributed by atoms with Crippen molar-refractivity contribution >= 4 is 45.8 Å². The van der Waals surface area contributed by atoms with E-state index in [1.165, 1.54) is 70.6 Å². The summed E-state index contributed by atoms with van der Waals surface area (Å²) in [5, 5.41) is 40.2. The number of carbonyl (C=O) groups excluding carboxylic acids is 4. The zero-order chi connectivity index (χ0) is 42.3. The summed E-state index contributed by atoms with van der Waals surface area (Å²) in [6, 6.07) is -0.000528. The molecule has 17 nitrogen and oxygen atoms in total. The summed E-state index contributed by atoms with van der Waals surface area (Å²) in [6.07, 6.45) is 10.1. The highest BCUT2D eigenvalue weighted by Gasteiger charge is 2.49. The van der Waals surface area contributed by atoms with E-state index in [1.807, 2.05) is 0 Å². The molecule has 3 aliphatic rings. The molecule has 0 spiro atoms. The van der Waals surface area contributed by atoms with Crippen LogP contribution in [0.4, 0.5) is 4.79 Å². The highest BCUT2D eigenvalue weighted by atomic mass is 32.2. The first kappa shape index (κ1) is 50.1. The Balaban J connectivity index is 1.26. The summed E-state index contributed by atoms with van der Waals surface area (Å²) < 4.78 is 54.1. The largest absolute Gasteiger partial charge is 0.463 e. The monoisotopic (exact) mass is 867 g/mol. The van der Waals surface area contributed by atoms with E-state index in [2.05, 4.69) is 22.9 Å². The Morgan fingerprint density at radius 1 is 0.845 bits per heavy atom. The van der Waals surface area contributed by atoms with E-state index in [0.717, 1.165) is 37.9 Å². The maximum atomic E-state index is 12.6. The van der Waals surface area contributed by atoms with Crippen LogP contribution in [0.5, 0.6) is 0 Å². The van der Waals surface area contributed by atoms with Crippen LogP contribution in [-0.4, -0.2) is 138 Å². The van der Waals surface area contributed by atoms with Crippen LogP contribution < -0.4 is 16.0 Å². The number of aliphatic hydroxyl groups is 3. The highest BCUT2D eigenvalue weighted by molar-refractivity contribution is 8.00. The molecule has 0 aromatic rings. The van der Waals surface area contributed by atoms with Crippen LogP contribution in [0.3, 0.4) is 0 Å². The van der Waals surface area contributed by atoms with Gasteiger partial charge in [-0.25, -0.2) is 4.79 Å². The predicted molar refractivity (Wildman–Crippen MR) is 216 cm³/mol. The number of aliphatic hydroxyl groups excluding tert-OH is 3. The Bertz CT molecular complexity index is 1340. The standard InChI is InChI=1S/C39H69N3O14S2/c1-2-3-4-5-6-7-8-9-10-11-12-13-14-15-16-21-32(45)53-23-27(43)24-54-38-36(48)35(47)37(29(55-38)26-58(50,51)52)56-33(46)22-40-31(44)20-18-17-19-30-34-28(25-57-30)41-39(49)42-34/h27-30,34-38,43,47-48H,2-26H2,1H3,(H,40,44)(H2,41,42,49)(H,50,51,52)/t27?,28-,29+,30-,34-,35+,36+,37+,38-/m0/s1. The minimum absolute atomic E-state index is 0.0616. The lowest BCUT2D eigenvalue weighted by molar-refractivity contribution is -0.299. The summed E-state index contributed by atoms with van der Waals surface area (Å²) in [5.74, 6) is -2.30. The average molecular weight is 868 g/mol. The molecule has 336 valence electrons. The van der Waals surface area contributed by atoms with E-state index in [0.29, 0.717) is 12.8 Å². The van der Waals surface area contributed by atoms with Crippen LogP contribution in [-0.2, 0) is 43.4 Å². The Morgan fingerprint density at radius 3 is 2.07 bits per heavy atom. The molecule has 3 fully saturated rings. The molecule has 3 saturated heterocycles. The average Bonchev–Trinajstić information content (AvgIpc) is 3.73. The van der Waals surface area contributed by atoms with E-state index in [9.17, 15) is 47.5 Å². The lowest BCUT2D eigenvalue weighted by Crippen LogP contribution is -2.61. The van der Waals surface area contributed by atoms with Crippen molar-refractivity contribution in [2.24, 2.45) is 0 Å². The lowest BCUT2D eigenvalue weighted by Gasteiger charge is -2.41. The highest BCUT2D eigenvalue weighted by Crippen LogP contribution is 2.33. The summed E-state index contributed by atoms with van der Waals surface area (Å²) in [7, 11) is -4.75. The molecule has 0 aromatic heterocycles. The third-order valence-corrected chi connectivity index (χ3v) is 12.9. The quantitative estimate of drug-likeness (QED) is 0.0229. The molecule has 3 rings (SSSR count). The number of carbonyl (C=O) groups is 4. The number of hydrogen-bond acceptors (Lipinski definition) is 14. The molecule has 3 heterocycles. The Hall–Kier alpha value is -2.26. The number of nitrogens with one attached hydrogen (secondary N) is 3. The van der Waals surface area contributed by atoms with Gasteiger partial charge in [-0.1, -0.05) is 103 Å². The number of hydrogen-bond donors (Lipinski definition) is 7. The van der Waals surface area contributed by atoms with E-state index in [1.54, 1.807) is 11.8 Å². The smallest absolute Gasteiger partial charge is 0.325 e. The van der Waals surface area contributed by atoms with Crippen LogP contribution >= 0.6 is 11.8 Å². The number of thioether (sulfide) groups is 1. The van der Waals surface area contributed by atoms with Crippen LogP contribution in [0.25, 0.3) is 0 Å². The van der Waals surface area contributed by atoms with Gasteiger partial charge in [0.1, 0.15) is 43.3 Å². The van der Waals surface area contributed by atoms with Gasteiger partial charge in [0.2, 0.25) is 5.91 Å². The van der Waals surface area contributed by atoms with Gasteiger partial charge in [0.15, 0.2) is 12.4 Å². The summed E-state index contributed by atoms with van der Waals surface area (Å²) in [4.78, 5) is 48.7. The summed E-state index contributed by atoms with van der Waals surface area (Å²) >= 11 is 1.77. The van der Waals surface area contributed by atoms with Gasteiger partial charge in [0, 0.05) is 23.8 Å². The third-order valence-electron chi connectivity index (χ3n) is 10.7. The van der Waals surface area contributed by atoms with Gasteiger partial charge in [-0.3, -0.25) is 18.9 Å². The number of unbranched alkanes of at least 4 members (excludes halogenated alkanes) is 15. The minimum Gasteiger partial charge on any atom is -0.463 e. The number of fused-ring (bicyclic) bond motifs is 1. The van der Waals surface area contributed by atoms with Gasteiger partial charge in [-0.15, -0.1) is 0 Å². The molecular formula is C39H69N3O14S2. The number of ether oxygens (including phenoxy) is 4. The number of esters is 2. The van der Waals surface area contributed by atoms with Crippen molar-refractivity contribution in [3.63, 3.8) is 0 Å².